The van der Waals surface area contributed by atoms with E-state index in [1.54, 1.807) is 0 Å². The number of fused-ring (bicyclic) bond motifs is 2. The molecule has 4 heterocycles. The molecule has 1 aromatic rings. The molecule has 2 unspecified atom stereocenters. The van der Waals surface area contributed by atoms with Crippen molar-refractivity contribution in [2.45, 2.75) is 61.9 Å². The number of imide groups is 2. The number of rotatable bonds is 30. The molecule has 60 heavy (non-hydrogen) atoms. The van der Waals surface area contributed by atoms with Crippen LogP contribution in [0, 0.1) is 0 Å². The smallest absolute Gasteiger partial charge is 0.315 e. The molecular weight excluding hydrogens is 809 g/mol. The van der Waals surface area contributed by atoms with Gasteiger partial charge in [0.1, 0.15) is 11.8 Å². The minimum atomic E-state index is -1.10. The van der Waals surface area contributed by atoms with E-state index in [1.165, 1.54) is 18.2 Å². The average molecular weight is 865 g/mol. The van der Waals surface area contributed by atoms with Crippen LogP contribution in [-0.4, -0.2) is 174 Å². The number of carbonyl (C=O) groups excluding carboxylic acids is 7. The summed E-state index contributed by atoms with van der Waals surface area (Å²) in [5.41, 5.74) is 0.0276. The lowest BCUT2D eigenvalue weighted by Gasteiger charge is -2.27. The molecule has 5 rings (SSSR count). The number of hydrogen-bond donors (Lipinski definition) is 5. The Hall–Kier alpha value is -4.38. The van der Waals surface area contributed by atoms with E-state index >= 15 is 0 Å². The van der Waals surface area contributed by atoms with Gasteiger partial charge in [0, 0.05) is 36.9 Å². The Bertz CT molecular complexity index is 1640. The molecule has 0 radical (unpaired) electrons. The van der Waals surface area contributed by atoms with E-state index < -0.39 is 42.2 Å². The molecule has 0 saturated carbocycles. The van der Waals surface area contributed by atoms with Crippen molar-refractivity contribution in [2.75, 3.05) is 105 Å². The van der Waals surface area contributed by atoms with Crippen molar-refractivity contribution in [2.24, 2.45) is 0 Å². The molecule has 0 aromatic heterocycles. The molecule has 4 atom stereocenters. The van der Waals surface area contributed by atoms with Gasteiger partial charge in [0.2, 0.25) is 17.7 Å². The number of amides is 8. The average Bonchev–Trinajstić information content (AvgIpc) is 3.87. The Morgan fingerprint density at radius 1 is 0.733 bits per heavy atom. The topological polar surface area (TPSA) is 247 Å². The van der Waals surface area contributed by atoms with Gasteiger partial charge >= 0.3 is 6.03 Å². The van der Waals surface area contributed by atoms with Crippen LogP contribution >= 0.6 is 11.8 Å². The van der Waals surface area contributed by atoms with E-state index in [0.717, 1.165) is 29.9 Å². The maximum absolute atomic E-state index is 13.1. The number of nitrogens with one attached hydrogen (secondary N) is 5. The Morgan fingerprint density at radius 2 is 1.33 bits per heavy atom. The lowest BCUT2D eigenvalue weighted by atomic mass is 10.0. The molecular formula is C39H56N6O14S. The van der Waals surface area contributed by atoms with Crippen molar-refractivity contribution in [3.8, 4) is 5.75 Å². The van der Waals surface area contributed by atoms with E-state index in [-0.39, 0.29) is 66.9 Å². The van der Waals surface area contributed by atoms with Crippen LogP contribution < -0.4 is 31.3 Å². The second kappa shape index (κ2) is 25.4. The number of ether oxygens (including phenoxy) is 7. The van der Waals surface area contributed by atoms with Crippen LogP contribution in [0.1, 0.15) is 59.2 Å². The molecule has 20 nitrogen and oxygen atoms in total. The number of thioether (sulfide) groups is 1. The molecule has 4 aliphatic heterocycles. The standard InChI is InChI=1S/C39H56N6O14S/c46-31(7-2-1-6-30-35-27(25-60-30)42-39(52)44-35)40-10-12-53-14-16-55-18-20-57-22-23-58-21-19-56-17-15-54-13-11-41-33(48)24-59-29-5-3-4-26-34(29)38(51)45(37(26)50)28-8-9-32(47)43-36(28)49/h3-5,27-28,30,35H,1-2,6-25H2,(H,40,46)(H,41,48)(H2,42,44,52)(H,43,47,49)/t27-,28?,30?,35-/m0/s1. The molecule has 4 aliphatic rings. The van der Waals surface area contributed by atoms with Crippen LogP contribution in [0.2, 0.25) is 0 Å². The van der Waals surface area contributed by atoms with Gasteiger partial charge in [0.25, 0.3) is 17.7 Å². The summed E-state index contributed by atoms with van der Waals surface area (Å²) < 4.78 is 38.5. The highest BCUT2D eigenvalue weighted by Crippen LogP contribution is 2.34. The van der Waals surface area contributed by atoms with E-state index in [1.807, 2.05) is 11.8 Å². The predicted octanol–water partition coefficient (Wildman–Crippen LogP) is -0.476. The zero-order valence-corrected chi connectivity index (χ0v) is 34.5. The van der Waals surface area contributed by atoms with Gasteiger partial charge in [-0.1, -0.05) is 12.5 Å². The monoisotopic (exact) mass is 864 g/mol. The van der Waals surface area contributed by atoms with E-state index in [2.05, 4.69) is 26.6 Å². The molecule has 8 amide bonds. The van der Waals surface area contributed by atoms with Gasteiger partial charge < -0.3 is 54.4 Å². The summed E-state index contributed by atoms with van der Waals surface area (Å²) in [5, 5.41) is 14.0. The van der Waals surface area contributed by atoms with Gasteiger partial charge in [-0.05, 0) is 31.4 Å². The molecule has 3 saturated heterocycles. The molecule has 3 fully saturated rings. The quantitative estimate of drug-likeness (QED) is 0.0373. The van der Waals surface area contributed by atoms with Crippen molar-refractivity contribution in [3.63, 3.8) is 0 Å². The first-order valence-electron chi connectivity index (χ1n) is 20.4. The molecule has 332 valence electrons. The lowest BCUT2D eigenvalue weighted by molar-refractivity contribution is -0.136. The Kier molecular flexibility index (Phi) is 19.8. The molecule has 0 spiro atoms. The van der Waals surface area contributed by atoms with Crippen LogP contribution in [0.5, 0.6) is 5.75 Å². The Balaban J connectivity index is 0.739. The normalized spacial score (nSPS) is 20.7. The highest BCUT2D eigenvalue weighted by Gasteiger charge is 2.46. The van der Waals surface area contributed by atoms with Gasteiger partial charge in [-0.15, -0.1) is 0 Å². The second-order valence-corrected chi connectivity index (χ2v) is 15.4. The molecule has 0 bridgehead atoms. The molecule has 21 heteroatoms. The fraction of sp³-hybridized carbons (Fsp3) is 0.667. The fourth-order valence-electron chi connectivity index (χ4n) is 6.89. The van der Waals surface area contributed by atoms with Crippen LogP contribution in [-0.2, 0) is 47.6 Å². The zero-order chi connectivity index (χ0) is 42.5. The molecule has 0 aliphatic carbocycles. The van der Waals surface area contributed by atoms with Crippen LogP contribution in [0.25, 0.3) is 0 Å². The third kappa shape index (κ3) is 14.7. The van der Waals surface area contributed by atoms with E-state index in [0.29, 0.717) is 90.9 Å². The number of hydrogen-bond acceptors (Lipinski definition) is 15. The number of nitrogens with zero attached hydrogens (tertiary/aromatic N) is 1. The van der Waals surface area contributed by atoms with Crippen molar-refractivity contribution in [3.05, 3.63) is 29.3 Å². The lowest BCUT2D eigenvalue weighted by Crippen LogP contribution is -2.54. The van der Waals surface area contributed by atoms with Gasteiger partial charge in [-0.2, -0.15) is 11.8 Å². The number of unbranched alkanes of at least 4 members (excludes halogenated alkanes) is 1. The molecule has 5 N–H and O–H groups in total. The Morgan fingerprint density at radius 3 is 1.95 bits per heavy atom. The third-order valence-electron chi connectivity index (χ3n) is 9.87. The SMILES string of the molecule is O=C(CCCCC1SC[C@@H]2NC(=O)N[C@H]12)NCCOCCOCCOCCOCCOCCOCCNC(=O)COc1cccc2c1C(=O)N(C1CCC(=O)NC1=O)C2=O. The van der Waals surface area contributed by atoms with Crippen molar-refractivity contribution < 1.29 is 66.7 Å². The molecule has 1 aromatic carbocycles. The highest BCUT2D eigenvalue weighted by molar-refractivity contribution is 8.00. The highest BCUT2D eigenvalue weighted by atomic mass is 32.2. The van der Waals surface area contributed by atoms with Gasteiger partial charge in [0.15, 0.2) is 6.61 Å². The minimum Gasteiger partial charge on any atom is -0.483 e. The summed E-state index contributed by atoms with van der Waals surface area (Å²) in [5.74, 6) is -2.02. The summed E-state index contributed by atoms with van der Waals surface area (Å²) in [6, 6.07) is 3.68. The van der Waals surface area contributed by atoms with Crippen LogP contribution in [0.4, 0.5) is 4.79 Å². The van der Waals surface area contributed by atoms with Crippen molar-refractivity contribution >= 4 is 53.2 Å². The van der Waals surface area contributed by atoms with Crippen molar-refractivity contribution in [1.29, 1.82) is 0 Å². The maximum atomic E-state index is 13.1. The largest absolute Gasteiger partial charge is 0.483 e. The summed E-state index contributed by atoms with van der Waals surface area (Å²) >= 11 is 1.89. The minimum absolute atomic E-state index is 0.00749. The zero-order valence-electron chi connectivity index (χ0n) is 33.7. The van der Waals surface area contributed by atoms with Crippen LogP contribution in [0.15, 0.2) is 18.2 Å². The second-order valence-electron chi connectivity index (χ2n) is 14.2. The van der Waals surface area contributed by atoms with Crippen LogP contribution in [0.3, 0.4) is 0 Å². The summed E-state index contributed by atoms with van der Waals surface area (Å²) in [6.07, 6.45) is 3.29. The summed E-state index contributed by atoms with van der Waals surface area (Å²) in [4.78, 5) is 86.6. The predicted molar refractivity (Wildman–Crippen MR) is 213 cm³/mol. The number of benzene rings is 1. The third-order valence-corrected chi connectivity index (χ3v) is 11.4. The van der Waals surface area contributed by atoms with Gasteiger partial charge in [-0.25, -0.2) is 4.79 Å². The first-order chi connectivity index (χ1) is 29.2. The summed E-state index contributed by atoms with van der Waals surface area (Å²) in [7, 11) is 0. The first-order valence-corrected chi connectivity index (χ1v) is 21.4. The van der Waals surface area contributed by atoms with Gasteiger partial charge in [-0.3, -0.25) is 39.0 Å². The van der Waals surface area contributed by atoms with Gasteiger partial charge in [0.05, 0.1) is 102 Å². The number of urea groups is 1. The summed E-state index contributed by atoms with van der Waals surface area (Å²) in [6.45, 7) is 4.90. The van der Waals surface area contributed by atoms with E-state index in [9.17, 15) is 33.6 Å². The maximum Gasteiger partial charge on any atom is 0.315 e. The first kappa shape index (κ1) is 46.7. The number of carbonyl (C=O) groups is 7. The number of piperidine rings is 1. The fourth-order valence-corrected chi connectivity index (χ4v) is 8.43. The van der Waals surface area contributed by atoms with Crippen molar-refractivity contribution in [1.82, 2.24) is 31.5 Å². The Labute approximate surface area is 352 Å². The van der Waals surface area contributed by atoms with E-state index in [4.69, 9.17) is 33.2 Å².